The summed E-state index contributed by atoms with van der Waals surface area (Å²) < 4.78 is 0. The highest BCUT2D eigenvalue weighted by atomic mass is 16.3. The van der Waals surface area contributed by atoms with Crippen LogP contribution in [0.4, 0.5) is 0 Å². The fraction of sp³-hybridized carbons (Fsp3) is 0.360. The first kappa shape index (κ1) is 27.3. The highest BCUT2D eigenvalue weighted by Gasteiger charge is 2.28. The van der Waals surface area contributed by atoms with Crippen molar-refractivity contribution in [1.29, 1.82) is 0 Å². The molecule has 0 saturated heterocycles. The number of hydrogen-bond acceptors (Lipinski definition) is 6. The van der Waals surface area contributed by atoms with Gasteiger partial charge in [0, 0.05) is 20.5 Å². The lowest BCUT2D eigenvalue weighted by Crippen LogP contribution is -2.54. The zero-order valence-corrected chi connectivity index (χ0v) is 20.2. The minimum absolute atomic E-state index is 0.108. The van der Waals surface area contributed by atoms with Crippen molar-refractivity contribution in [3.63, 3.8) is 0 Å². The lowest BCUT2D eigenvalue weighted by Gasteiger charge is -2.29. The number of hydrogen-bond donors (Lipinski definition) is 4. The first-order valence-electron chi connectivity index (χ1n) is 11.2. The number of nitrogens with one attached hydrogen (secondary N) is 1. The van der Waals surface area contributed by atoms with E-state index in [1.807, 2.05) is 30.3 Å². The molecule has 2 rings (SSSR count). The Bertz CT molecular complexity index is 1030. The first-order valence-corrected chi connectivity index (χ1v) is 11.2. The number of benzene rings is 2. The van der Waals surface area contributed by atoms with E-state index in [4.69, 9.17) is 11.5 Å². The van der Waals surface area contributed by atoms with Crippen molar-refractivity contribution in [2.75, 3.05) is 20.6 Å². The van der Waals surface area contributed by atoms with Crippen molar-refractivity contribution in [3.8, 4) is 5.75 Å². The Morgan fingerprint density at radius 3 is 2.09 bits per heavy atom. The summed E-state index contributed by atoms with van der Waals surface area (Å²) in [4.78, 5) is 52.3. The fourth-order valence-corrected chi connectivity index (χ4v) is 3.52. The van der Waals surface area contributed by atoms with Crippen molar-refractivity contribution in [1.82, 2.24) is 15.1 Å². The van der Waals surface area contributed by atoms with Gasteiger partial charge in [-0.3, -0.25) is 19.2 Å². The molecule has 0 fully saturated rings. The number of phenolic OH excluding ortho intramolecular Hbond substituents is 1. The van der Waals surface area contributed by atoms with Crippen LogP contribution in [0.15, 0.2) is 54.6 Å². The number of amides is 4. The summed E-state index contributed by atoms with van der Waals surface area (Å²) in [6, 6.07) is 12.8. The normalized spacial score (nSPS) is 13.3. The summed E-state index contributed by atoms with van der Waals surface area (Å²) in [6.07, 6.45) is 0.476. The zero-order valence-electron chi connectivity index (χ0n) is 20.2. The van der Waals surface area contributed by atoms with Crippen LogP contribution in [-0.2, 0) is 32.0 Å². The SMILES string of the molecule is C[C@@H](NC(=O)[C@@H](N)Cc1ccc(O)cc1)C(=O)N(C)CC(=O)N(C)[C@@H](Cc1ccccc1)C(N)=O. The Kier molecular flexibility index (Phi) is 9.77. The van der Waals surface area contributed by atoms with E-state index in [0.29, 0.717) is 0 Å². The van der Waals surface area contributed by atoms with Crippen LogP contribution < -0.4 is 16.8 Å². The van der Waals surface area contributed by atoms with E-state index in [1.54, 1.807) is 12.1 Å². The number of carbonyl (C=O) groups excluding carboxylic acids is 4. The fourth-order valence-electron chi connectivity index (χ4n) is 3.52. The smallest absolute Gasteiger partial charge is 0.245 e. The highest BCUT2D eigenvalue weighted by Crippen LogP contribution is 2.11. The molecule has 2 aromatic carbocycles. The minimum Gasteiger partial charge on any atom is -0.508 e. The maximum absolute atomic E-state index is 12.8. The number of rotatable bonds is 11. The molecule has 2 aromatic rings. The third-order valence-electron chi connectivity index (χ3n) is 5.67. The molecule has 10 heteroatoms. The molecule has 0 spiro atoms. The number of likely N-dealkylation sites (N-methyl/N-ethyl adjacent to an activating group) is 2. The third-order valence-corrected chi connectivity index (χ3v) is 5.67. The molecule has 0 aliphatic heterocycles. The molecular weight excluding hydrogens is 450 g/mol. The minimum atomic E-state index is -0.923. The van der Waals surface area contributed by atoms with Crippen LogP contribution in [0.2, 0.25) is 0 Å². The molecule has 35 heavy (non-hydrogen) atoms. The standard InChI is InChI=1S/C25H33N5O5/c1-16(28-24(34)20(26)13-18-9-11-19(31)12-10-18)25(35)29(2)15-22(32)30(3)21(23(27)33)14-17-7-5-4-6-8-17/h4-12,16,20-21,31H,13-15,26H2,1-3H3,(H2,27,33)(H,28,34)/t16-,20+,21+/m1/s1. The Morgan fingerprint density at radius 1 is 0.943 bits per heavy atom. The number of aromatic hydroxyl groups is 1. The van der Waals surface area contributed by atoms with E-state index in [-0.39, 0.29) is 25.1 Å². The van der Waals surface area contributed by atoms with E-state index in [9.17, 15) is 24.3 Å². The third kappa shape index (κ3) is 8.11. The van der Waals surface area contributed by atoms with Gasteiger partial charge in [-0.15, -0.1) is 0 Å². The zero-order chi connectivity index (χ0) is 26.1. The molecule has 10 nitrogen and oxygen atoms in total. The molecular formula is C25H33N5O5. The van der Waals surface area contributed by atoms with Gasteiger partial charge in [0.25, 0.3) is 0 Å². The molecule has 0 radical (unpaired) electrons. The predicted molar refractivity (Wildman–Crippen MR) is 131 cm³/mol. The number of carbonyl (C=O) groups is 4. The van der Waals surface area contributed by atoms with Gasteiger partial charge in [0.05, 0.1) is 12.6 Å². The molecule has 4 amide bonds. The summed E-state index contributed by atoms with van der Waals surface area (Å²) in [5, 5.41) is 11.9. The number of nitrogens with two attached hydrogens (primary N) is 2. The van der Waals surface area contributed by atoms with Gasteiger partial charge in [-0.1, -0.05) is 42.5 Å². The molecule has 3 atom stereocenters. The van der Waals surface area contributed by atoms with Gasteiger partial charge in [-0.05, 0) is 36.6 Å². The van der Waals surface area contributed by atoms with Gasteiger partial charge in [0.1, 0.15) is 17.8 Å². The van der Waals surface area contributed by atoms with Crippen LogP contribution in [0.25, 0.3) is 0 Å². The van der Waals surface area contributed by atoms with Gasteiger partial charge >= 0.3 is 0 Å². The average Bonchev–Trinajstić information content (AvgIpc) is 2.83. The Labute approximate surface area is 204 Å². The van der Waals surface area contributed by atoms with E-state index in [1.165, 1.54) is 43.0 Å². The van der Waals surface area contributed by atoms with E-state index in [0.717, 1.165) is 11.1 Å². The lowest BCUT2D eigenvalue weighted by atomic mass is 10.0. The largest absolute Gasteiger partial charge is 0.508 e. The first-order chi connectivity index (χ1) is 16.5. The lowest BCUT2D eigenvalue weighted by molar-refractivity contribution is -0.143. The van der Waals surface area contributed by atoms with Crippen molar-refractivity contribution < 1.29 is 24.3 Å². The molecule has 0 saturated carbocycles. The summed E-state index contributed by atoms with van der Waals surface area (Å²) in [6.45, 7) is 1.20. The van der Waals surface area contributed by atoms with Crippen LogP contribution in [0.1, 0.15) is 18.1 Å². The summed E-state index contributed by atoms with van der Waals surface area (Å²) in [7, 11) is 2.90. The molecule has 0 aliphatic rings. The molecule has 0 unspecified atom stereocenters. The average molecular weight is 484 g/mol. The highest BCUT2D eigenvalue weighted by molar-refractivity contribution is 5.92. The quantitative estimate of drug-likeness (QED) is 0.346. The van der Waals surface area contributed by atoms with Gasteiger partial charge in [0.2, 0.25) is 23.6 Å². The number of nitrogens with zero attached hydrogens (tertiary/aromatic N) is 2. The van der Waals surface area contributed by atoms with Gasteiger partial charge in [0.15, 0.2) is 0 Å². The molecule has 0 aromatic heterocycles. The molecule has 0 aliphatic carbocycles. The second-order valence-electron chi connectivity index (χ2n) is 8.51. The van der Waals surface area contributed by atoms with Crippen molar-refractivity contribution in [2.24, 2.45) is 11.5 Å². The van der Waals surface area contributed by atoms with Crippen molar-refractivity contribution in [3.05, 3.63) is 65.7 Å². The number of primary amides is 1. The van der Waals surface area contributed by atoms with E-state index in [2.05, 4.69) is 5.32 Å². The molecule has 0 heterocycles. The van der Waals surface area contributed by atoms with Crippen LogP contribution in [0.3, 0.4) is 0 Å². The van der Waals surface area contributed by atoms with E-state index >= 15 is 0 Å². The van der Waals surface area contributed by atoms with Gasteiger partial charge in [-0.25, -0.2) is 0 Å². The number of phenols is 1. The van der Waals surface area contributed by atoms with Crippen LogP contribution in [-0.4, -0.2) is 77.3 Å². The monoisotopic (exact) mass is 483 g/mol. The second kappa shape index (κ2) is 12.5. The Morgan fingerprint density at radius 2 is 1.51 bits per heavy atom. The summed E-state index contributed by atoms with van der Waals surface area (Å²) in [5.74, 6) is -2.02. The van der Waals surface area contributed by atoms with Gasteiger partial charge < -0.3 is 31.7 Å². The van der Waals surface area contributed by atoms with Gasteiger partial charge in [-0.2, -0.15) is 0 Å². The van der Waals surface area contributed by atoms with Crippen molar-refractivity contribution >= 4 is 23.6 Å². The maximum atomic E-state index is 12.8. The van der Waals surface area contributed by atoms with Crippen LogP contribution in [0.5, 0.6) is 5.75 Å². The summed E-state index contributed by atoms with van der Waals surface area (Å²) >= 11 is 0. The van der Waals surface area contributed by atoms with Crippen LogP contribution in [0, 0.1) is 0 Å². The molecule has 188 valence electrons. The van der Waals surface area contributed by atoms with Crippen molar-refractivity contribution in [2.45, 2.75) is 37.9 Å². The second-order valence-corrected chi connectivity index (χ2v) is 8.51. The van der Waals surface area contributed by atoms with Crippen LogP contribution >= 0.6 is 0 Å². The Hall–Kier alpha value is -3.92. The molecule has 6 N–H and O–H groups in total. The molecule has 0 bridgehead atoms. The predicted octanol–water partition coefficient (Wildman–Crippen LogP) is -0.220. The maximum Gasteiger partial charge on any atom is 0.245 e. The summed E-state index contributed by atoms with van der Waals surface area (Å²) in [5.41, 5.74) is 13.1. The topological polar surface area (TPSA) is 159 Å². The van der Waals surface area contributed by atoms with E-state index < -0.39 is 41.8 Å². The Balaban J connectivity index is 1.91.